The van der Waals surface area contributed by atoms with Gasteiger partial charge in [0.25, 0.3) is 0 Å². The number of rotatable bonds is 6. The second-order valence-corrected chi connectivity index (χ2v) is 12.5. The predicted molar refractivity (Wildman–Crippen MR) is 208 cm³/mol. The van der Waals surface area contributed by atoms with Crippen LogP contribution in [0.2, 0.25) is 0 Å². The Morgan fingerprint density at radius 1 is 0.531 bits per heavy atom. The highest BCUT2D eigenvalue weighted by Crippen LogP contribution is 2.42. The van der Waals surface area contributed by atoms with Crippen molar-refractivity contribution < 1.29 is 0 Å². The van der Waals surface area contributed by atoms with Crippen molar-refractivity contribution in [2.24, 2.45) is 0 Å². The second-order valence-electron chi connectivity index (χ2n) is 12.5. The average Bonchev–Trinajstić information content (AvgIpc) is 3.48. The summed E-state index contributed by atoms with van der Waals surface area (Å²) in [6, 6.07) is 54.3. The van der Waals surface area contributed by atoms with E-state index in [1.165, 1.54) is 60.1 Å². The number of nitrogens with zero attached hydrogens (tertiary/aromatic N) is 1. The van der Waals surface area contributed by atoms with E-state index in [0.29, 0.717) is 12.4 Å². The van der Waals surface area contributed by atoms with Crippen LogP contribution in [0.5, 0.6) is 0 Å². The van der Waals surface area contributed by atoms with E-state index in [9.17, 15) is 0 Å². The molecule has 0 spiro atoms. The fourth-order valence-corrected chi connectivity index (χ4v) is 7.43. The highest BCUT2D eigenvalue weighted by Gasteiger charge is 2.20. The molecule has 0 saturated carbocycles. The van der Waals surface area contributed by atoms with Crippen molar-refractivity contribution in [3.63, 3.8) is 0 Å². The molecule has 8 aromatic rings. The van der Waals surface area contributed by atoms with Crippen molar-refractivity contribution in [3.05, 3.63) is 187 Å². The Morgan fingerprint density at radius 2 is 1.22 bits per heavy atom. The summed E-state index contributed by atoms with van der Waals surface area (Å²) in [5.41, 5.74) is 10.5. The van der Waals surface area contributed by atoms with Crippen LogP contribution in [-0.2, 0) is 6.67 Å². The summed E-state index contributed by atoms with van der Waals surface area (Å²) in [7, 11) is 0. The molecule has 1 heterocycles. The molecule has 7 aromatic carbocycles. The minimum atomic E-state index is 0.492. The minimum absolute atomic E-state index is 0.492. The van der Waals surface area contributed by atoms with E-state index in [-0.39, 0.29) is 0 Å². The third-order valence-corrected chi connectivity index (χ3v) is 9.73. The van der Waals surface area contributed by atoms with E-state index in [0.717, 1.165) is 22.4 Å². The molecule has 2 N–H and O–H groups in total. The fraction of sp³-hybridized carbons (Fsp3) is 0.0217. The first kappa shape index (κ1) is 28.7. The van der Waals surface area contributed by atoms with E-state index >= 15 is 0 Å². The number of hydrogen-bond acceptors (Lipinski definition) is 2. The van der Waals surface area contributed by atoms with Crippen LogP contribution in [0.3, 0.4) is 0 Å². The van der Waals surface area contributed by atoms with Crippen molar-refractivity contribution in [2.45, 2.75) is 6.67 Å². The molecule has 0 bridgehead atoms. The lowest BCUT2D eigenvalue weighted by atomic mass is 9.92. The molecule has 0 saturated heterocycles. The Labute approximate surface area is 285 Å². The van der Waals surface area contributed by atoms with Crippen LogP contribution < -0.4 is 5.32 Å². The number of aromatic nitrogens is 1. The number of benzene rings is 7. The van der Waals surface area contributed by atoms with Crippen molar-refractivity contribution >= 4 is 54.8 Å². The smallest absolute Gasteiger partial charge is 0.0926 e. The van der Waals surface area contributed by atoms with Crippen LogP contribution in [0.25, 0.3) is 71.3 Å². The van der Waals surface area contributed by atoms with Crippen LogP contribution in [0.15, 0.2) is 182 Å². The van der Waals surface area contributed by atoms with Gasteiger partial charge < -0.3 is 15.3 Å². The average molecular weight is 628 g/mol. The lowest BCUT2D eigenvalue weighted by Gasteiger charge is -2.19. The van der Waals surface area contributed by atoms with Gasteiger partial charge in [0.15, 0.2) is 0 Å². The number of hydrogen-bond donors (Lipinski definition) is 2. The molecule has 0 fully saturated rings. The molecular formula is C46H33N3. The van der Waals surface area contributed by atoms with Crippen LogP contribution >= 0.6 is 0 Å². The van der Waals surface area contributed by atoms with Gasteiger partial charge in [0.1, 0.15) is 0 Å². The van der Waals surface area contributed by atoms with Gasteiger partial charge in [-0.1, -0.05) is 158 Å². The molecule has 1 aromatic heterocycles. The Kier molecular flexibility index (Phi) is 7.02. The van der Waals surface area contributed by atoms with Gasteiger partial charge in [-0.3, -0.25) is 0 Å². The SMILES string of the molecule is N=C1C=CC=C/C1=C(/NCn1c2cc(-c3ccccc3)ccc2c2c3ccccc3c(-c3cccc4ccccc34)cc21)c1ccccc1. The molecule has 0 aliphatic heterocycles. The minimum Gasteiger partial charge on any atom is -0.366 e. The summed E-state index contributed by atoms with van der Waals surface area (Å²) >= 11 is 0. The van der Waals surface area contributed by atoms with E-state index in [4.69, 9.17) is 5.41 Å². The third-order valence-electron chi connectivity index (χ3n) is 9.73. The van der Waals surface area contributed by atoms with Crippen LogP contribution in [-0.4, -0.2) is 10.3 Å². The van der Waals surface area contributed by atoms with Gasteiger partial charge in [-0.25, -0.2) is 0 Å². The lowest BCUT2D eigenvalue weighted by molar-refractivity contribution is 0.695. The number of allylic oxidation sites excluding steroid dienone is 5. The molecule has 49 heavy (non-hydrogen) atoms. The zero-order chi connectivity index (χ0) is 32.7. The lowest BCUT2D eigenvalue weighted by Crippen LogP contribution is -2.20. The molecule has 0 radical (unpaired) electrons. The molecule has 0 unspecified atom stereocenters. The first-order valence-corrected chi connectivity index (χ1v) is 16.7. The molecular weight excluding hydrogens is 595 g/mol. The Hall–Kier alpha value is -6.45. The van der Waals surface area contributed by atoms with Crippen molar-refractivity contribution in [1.29, 1.82) is 5.41 Å². The Balaban J connectivity index is 1.33. The van der Waals surface area contributed by atoms with E-state index in [2.05, 4.69) is 155 Å². The quantitative estimate of drug-likeness (QED) is 0.189. The second kappa shape index (κ2) is 12.0. The van der Waals surface area contributed by atoms with E-state index < -0.39 is 0 Å². The fourth-order valence-electron chi connectivity index (χ4n) is 7.43. The molecule has 0 amide bonds. The van der Waals surface area contributed by atoms with Crippen LogP contribution in [0.1, 0.15) is 5.56 Å². The van der Waals surface area contributed by atoms with E-state index in [1.54, 1.807) is 0 Å². The summed E-state index contributed by atoms with van der Waals surface area (Å²) in [5.74, 6) is 0. The number of fused-ring (bicyclic) bond motifs is 6. The van der Waals surface area contributed by atoms with Gasteiger partial charge >= 0.3 is 0 Å². The summed E-state index contributed by atoms with van der Waals surface area (Å²) in [6.45, 7) is 0.518. The number of nitrogens with one attached hydrogen (secondary N) is 2. The normalized spacial score (nSPS) is 13.9. The summed E-state index contributed by atoms with van der Waals surface area (Å²) in [5, 5.41) is 20.1. The topological polar surface area (TPSA) is 40.8 Å². The van der Waals surface area contributed by atoms with Gasteiger partial charge in [0.05, 0.1) is 29.1 Å². The van der Waals surface area contributed by atoms with Gasteiger partial charge in [0, 0.05) is 16.3 Å². The third kappa shape index (κ3) is 4.95. The molecule has 1 aliphatic rings. The summed E-state index contributed by atoms with van der Waals surface area (Å²) in [4.78, 5) is 0. The monoisotopic (exact) mass is 627 g/mol. The van der Waals surface area contributed by atoms with Gasteiger partial charge in [0.2, 0.25) is 0 Å². The highest BCUT2D eigenvalue weighted by atomic mass is 15.1. The molecule has 3 nitrogen and oxygen atoms in total. The van der Waals surface area contributed by atoms with Crippen LogP contribution in [0, 0.1) is 5.41 Å². The van der Waals surface area contributed by atoms with Crippen molar-refractivity contribution in [3.8, 4) is 22.3 Å². The zero-order valence-corrected chi connectivity index (χ0v) is 26.9. The molecule has 3 heteroatoms. The maximum atomic E-state index is 8.80. The molecule has 9 rings (SSSR count). The maximum Gasteiger partial charge on any atom is 0.0926 e. The first-order chi connectivity index (χ1) is 24.2. The van der Waals surface area contributed by atoms with Crippen molar-refractivity contribution in [1.82, 2.24) is 9.88 Å². The Morgan fingerprint density at radius 3 is 2.04 bits per heavy atom. The van der Waals surface area contributed by atoms with E-state index in [1.807, 2.05) is 30.4 Å². The zero-order valence-electron chi connectivity index (χ0n) is 26.9. The van der Waals surface area contributed by atoms with Crippen molar-refractivity contribution in [2.75, 3.05) is 0 Å². The maximum absolute atomic E-state index is 8.80. The standard InChI is InChI=1S/C46H33N3/c47-42-25-12-11-23-39(42)46(33-17-5-2-6-18-33)48-30-49-43-28-34(31-14-3-1-4-15-31)26-27-40(43)45-38-22-10-9-21-37(38)41(29-44(45)49)36-24-13-19-32-16-7-8-20-35(32)36/h1-29,47-48H,30H2/b46-39-,47-42?. The first-order valence-electron chi connectivity index (χ1n) is 16.7. The van der Waals surface area contributed by atoms with Gasteiger partial charge in [-0.2, -0.15) is 0 Å². The van der Waals surface area contributed by atoms with Gasteiger partial charge in [-0.15, -0.1) is 0 Å². The summed E-state index contributed by atoms with van der Waals surface area (Å²) < 4.78 is 2.42. The Bertz CT molecular complexity index is 2650. The predicted octanol–water partition coefficient (Wildman–Crippen LogP) is 11.5. The highest BCUT2D eigenvalue weighted by molar-refractivity contribution is 6.25. The largest absolute Gasteiger partial charge is 0.366 e. The molecule has 232 valence electrons. The molecule has 1 aliphatic carbocycles. The van der Waals surface area contributed by atoms with Gasteiger partial charge in [-0.05, 0) is 67.6 Å². The molecule has 0 atom stereocenters. The summed E-state index contributed by atoms with van der Waals surface area (Å²) in [6.07, 6.45) is 7.82. The van der Waals surface area contributed by atoms with Crippen LogP contribution in [0.4, 0.5) is 0 Å².